The number of hydrogen-bond donors (Lipinski definition) is 1. The average Bonchev–Trinajstić information content (AvgIpc) is 3.05. The monoisotopic (exact) mass is 331 g/mol. The van der Waals surface area contributed by atoms with E-state index in [1.165, 1.54) is 27.4 Å². The number of benzene rings is 1. The van der Waals surface area contributed by atoms with Gasteiger partial charge in [-0.1, -0.05) is 42.1 Å². The lowest BCUT2D eigenvalue weighted by Crippen LogP contribution is -2.38. The summed E-state index contributed by atoms with van der Waals surface area (Å²) in [4.78, 5) is 30.9. The standard InChI is InChI=1S/C16H17N3O3S/c20-8-6-18(11-12-4-2-1-3-5-12)14(21)13-10-17-16-19(15(13)22)7-9-23-16/h1-5,10,20H,6-9,11H2. The quantitative estimate of drug-likeness (QED) is 0.827. The Morgan fingerprint density at radius 2 is 2.13 bits per heavy atom. The number of rotatable bonds is 5. The van der Waals surface area contributed by atoms with Gasteiger partial charge in [0.2, 0.25) is 0 Å². The largest absolute Gasteiger partial charge is 0.395 e. The minimum atomic E-state index is -0.396. The van der Waals surface area contributed by atoms with E-state index in [-0.39, 0.29) is 24.3 Å². The maximum absolute atomic E-state index is 12.7. The van der Waals surface area contributed by atoms with Gasteiger partial charge in [-0.05, 0) is 5.56 Å². The molecule has 0 saturated carbocycles. The number of aromatic nitrogens is 2. The van der Waals surface area contributed by atoms with Gasteiger partial charge in [-0.3, -0.25) is 14.2 Å². The van der Waals surface area contributed by atoms with E-state index in [4.69, 9.17) is 0 Å². The van der Waals surface area contributed by atoms with Crippen molar-refractivity contribution < 1.29 is 9.90 Å². The number of hydrogen-bond acceptors (Lipinski definition) is 5. The molecule has 3 rings (SSSR count). The van der Waals surface area contributed by atoms with Crippen LogP contribution in [0.3, 0.4) is 0 Å². The van der Waals surface area contributed by atoms with E-state index in [1.54, 1.807) is 0 Å². The van der Waals surface area contributed by atoms with Crippen LogP contribution in [0.2, 0.25) is 0 Å². The Hall–Kier alpha value is -2.12. The number of nitrogens with zero attached hydrogens (tertiary/aromatic N) is 3. The van der Waals surface area contributed by atoms with Crippen molar-refractivity contribution in [3.8, 4) is 0 Å². The van der Waals surface area contributed by atoms with Gasteiger partial charge >= 0.3 is 0 Å². The Kier molecular flexibility index (Phi) is 4.78. The van der Waals surface area contributed by atoms with Crippen LogP contribution < -0.4 is 5.56 Å². The molecule has 0 bridgehead atoms. The fourth-order valence-electron chi connectivity index (χ4n) is 2.51. The van der Waals surface area contributed by atoms with Crippen LogP contribution in [0, 0.1) is 0 Å². The van der Waals surface area contributed by atoms with Crippen molar-refractivity contribution >= 4 is 17.7 Å². The molecule has 1 aliphatic heterocycles. The normalized spacial score (nSPS) is 12.9. The molecule has 1 aromatic heterocycles. The third-order valence-corrected chi connectivity index (χ3v) is 4.63. The van der Waals surface area contributed by atoms with Crippen LogP contribution in [-0.2, 0) is 13.1 Å². The van der Waals surface area contributed by atoms with Crippen LogP contribution in [0.15, 0.2) is 46.5 Å². The Labute approximate surface area is 137 Å². The van der Waals surface area contributed by atoms with Gasteiger partial charge in [0.15, 0.2) is 5.16 Å². The zero-order valence-electron chi connectivity index (χ0n) is 12.5. The second-order valence-electron chi connectivity index (χ2n) is 5.20. The highest BCUT2D eigenvalue weighted by molar-refractivity contribution is 7.99. The molecule has 0 spiro atoms. The van der Waals surface area contributed by atoms with Crippen LogP contribution in [0.25, 0.3) is 0 Å². The second-order valence-corrected chi connectivity index (χ2v) is 6.26. The third-order valence-electron chi connectivity index (χ3n) is 3.66. The molecule has 2 heterocycles. The molecule has 23 heavy (non-hydrogen) atoms. The van der Waals surface area contributed by atoms with E-state index in [0.29, 0.717) is 18.2 Å². The number of carbonyl (C=O) groups excluding carboxylic acids is 1. The SMILES string of the molecule is O=C(c1cnc2n(c1=O)CCS2)N(CCO)Cc1ccccc1. The second kappa shape index (κ2) is 6.97. The Bertz CT molecular complexity index is 761. The van der Waals surface area contributed by atoms with Gasteiger partial charge in [0.1, 0.15) is 5.56 Å². The van der Waals surface area contributed by atoms with E-state index >= 15 is 0 Å². The highest BCUT2D eigenvalue weighted by atomic mass is 32.2. The Morgan fingerprint density at radius 1 is 1.35 bits per heavy atom. The van der Waals surface area contributed by atoms with E-state index in [1.807, 2.05) is 30.3 Å². The summed E-state index contributed by atoms with van der Waals surface area (Å²) in [6.45, 7) is 0.930. The number of aliphatic hydroxyl groups is 1. The first-order chi connectivity index (χ1) is 11.2. The van der Waals surface area contributed by atoms with Crippen molar-refractivity contribution in [3.63, 3.8) is 0 Å². The number of carbonyl (C=O) groups is 1. The maximum Gasteiger partial charge on any atom is 0.267 e. The summed E-state index contributed by atoms with van der Waals surface area (Å²) in [6.07, 6.45) is 1.35. The zero-order valence-corrected chi connectivity index (χ0v) is 13.3. The summed E-state index contributed by atoms with van der Waals surface area (Å²) in [7, 11) is 0. The van der Waals surface area contributed by atoms with Crippen molar-refractivity contribution in [2.45, 2.75) is 18.2 Å². The first-order valence-electron chi connectivity index (χ1n) is 7.37. The lowest BCUT2D eigenvalue weighted by molar-refractivity contribution is 0.0704. The molecule has 7 heteroatoms. The molecule has 0 unspecified atom stereocenters. The molecule has 0 saturated heterocycles. The lowest BCUT2D eigenvalue weighted by Gasteiger charge is -2.21. The summed E-state index contributed by atoms with van der Waals surface area (Å²) in [6, 6.07) is 9.49. The van der Waals surface area contributed by atoms with E-state index in [0.717, 1.165) is 11.3 Å². The zero-order chi connectivity index (χ0) is 16.2. The lowest BCUT2D eigenvalue weighted by atomic mass is 10.2. The Balaban J connectivity index is 1.88. The van der Waals surface area contributed by atoms with Crippen molar-refractivity contribution in [2.75, 3.05) is 18.9 Å². The predicted octanol–water partition coefficient (Wildman–Crippen LogP) is 0.984. The van der Waals surface area contributed by atoms with Gasteiger partial charge in [-0.2, -0.15) is 0 Å². The molecule has 1 N–H and O–H groups in total. The van der Waals surface area contributed by atoms with Crippen molar-refractivity contribution in [1.82, 2.24) is 14.5 Å². The molecule has 0 aliphatic carbocycles. The molecule has 1 aliphatic rings. The first-order valence-corrected chi connectivity index (χ1v) is 8.36. The van der Waals surface area contributed by atoms with Gasteiger partial charge < -0.3 is 10.0 Å². The molecule has 120 valence electrons. The third kappa shape index (κ3) is 3.30. The molecule has 6 nitrogen and oxygen atoms in total. The van der Waals surface area contributed by atoms with Gasteiger partial charge in [0, 0.05) is 31.6 Å². The van der Waals surface area contributed by atoms with Crippen LogP contribution >= 0.6 is 11.8 Å². The van der Waals surface area contributed by atoms with E-state index < -0.39 is 5.91 Å². The number of fused-ring (bicyclic) bond motifs is 1. The predicted molar refractivity (Wildman–Crippen MR) is 87.5 cm³/mol. The van der Waals surface area contributed by atoms with Crippen LogP contribution in [-0.4, -0.2) is 44.4 Å². The molecule has 0 fully saturated rings. The molecular formula is C16H17N3O3S. The van der Waals surface area contributed by atoms with Crippen LogP contribution in [0.1, 0.15) is 15.9 Å². The van der Waals surface area contributed by atoms with Gasteiger partial charge in [0.05, 0.1) is 6.61 Å². The number of amides is 1. The average molecular weight is 331 g/mol. The summed E-state index contributed by atoms with van der Waals surface area (Å²) in [5.74, 6) is 0.400. The molecule has 0 radical (unpaired) electrons. The minimum Gasteiger partial charge on any atom is -0.395 e. The summed E-state index contributed by atoms with van der Waals surface area (Å²) in [5, 5.41) is 9.89. The van der Waals surface area contributed by atoms with Gasteiger partial charge in [0.25, 0.3) is 11.5 Å². The molecule has 2 aromatic rings. The smallest absolute Gasteiger partial charge is 0.267 e. The Morgan fingerprint density at radius 3 is 2.87 bits per heavy atom. The molecular weight excluding hydrogens is 314 g/mol. The van der Waals surface area contributed by atoms with Crippen LogP contribution in [0.5, 0.6) is 0 Å². The maximum atomic E-state index is 12.7. The first kappa shape index (κ1) is 15.8. The highest BCUT2D eigenvalue weighted by Crippen LogP contribution is 2.20. The summed E-state index contributed by atoms with van der Waals surface area (Å²) >= 11 is 1.51. The summed E-state index contributed by atoms with van der Waals surface area (Å²) < 4.78 is 1.54. The van der Waals surface area contributed by atoms with Crippen molar-refractivity contribution in [3.05, 3.63) is 58.0 Å². The minimum absolute atomic E-state index is 0.0561. The van der Waals surface area contributed by atoms with Crippen LogP contribution in [0.4, 0.5) is 0 Å². The number of aliphatic hydroxyl groups excluding tert-OH is 1. The van der Waals surface area contributed by atoms with Crippen molar-refractivity contribution in [1.29, 1.82) is 0 Å². The fourth-order valence-corrected chi connectivity index (χ4v) is 3.43. The van der Waals surface area contributed by atoms with Crippen molar-refractivity contribution in [2.24, 2.45) is 0 Å². The summed E-state index contributed by atoms with van der Waals surface area (Å²) in [5.41, 5.74) is 0.695. The van der Waals surface area contributed by atoms with Gasteiger partial charge in [-0.25, -0.2) is 4.98 Å². The topological polar surface area (TPSA) is 75.4 Å². The number of thioether (sulfide) groups is 1. The van der Waals surface area contributed by atoms with E-state index in [2.05, 4.69) is 4.98 Å². The highest BCUT2D eigenvalue weighted by Gasteiger charge is 2.23. The molecule has 1 aromatic carbocycles. The van der Waals surface area contributed by atoms with E-state index in [9.17, 15) is 14.7 Å². The van der Waals surface area contributed by atoms with Gasteiger partial charge in [-0.15, -0.1) is 0 Å². The molecule has 0 atom stereocenters. The fraction of sp³-hybridized carbons (Fsp3) is 0.312. The molecule has 1 amide bonds.